The average Bonchev–Trinajstić information content (AvgIpc) is 2.34. The molecule has 1 rings (SSSR count). The zero-order valence-electron chi connectivity index (χ0n) is 12.5. The van der Waals surface area contributed by atoms with Crippen molar-refractivity contribution in [3.63, 3.8) is 0 Å². The highest BCUT2D eigenvalue weighted by Gasteiger charge is 2.12. The predicted molar refractivity (Wildman–Crippen MR) is 83.3 cm³/mol. The highest BCUT2D eigenvalue weighted by molar-refractivity contribution is 6.00. The lowest BCUT2D eigenvalue weighted by atomic mass is 10.1. The summed E-state index contributed by atoms with van der Waals surface area (Å²) in [5, 5.41) is 7.76. The van der Waals surface area contributed by atoms with Gasteiger partial charge in [-0.1, -0.05) is 18.6 Å². The van der Waals surface area contributed by atoms with Gasteiger partial charge < -0.3 is 15.5 Å². The molecule has 0 aliphatic heterocycles. The fraction of sp³-hybridized carbons (Fsp3) is 0.533. The van der Waals surface area contributed by atoms with Gasteiger partial charge in [-0.05, 0) is 39.6 Å². The highest BCUT2D eigenvalue weighted by atomic mass is 15.2. The lowest BCUT2D eigenvalue weighted by Crippen LogP contribution is -2.33. The van der Waals surface area contributed by atoms with Crippen LogP contribution in [0.4, 0.5) is 5.69 Å². The van der Waals surface area contributed by atoms with E-state index in [4.69, 9.17) is 11.1 Å². The van der Waals surface area contributed by atoms with Crippen molar-refractivity contribution in [1.82, 2.24) is 4.90 Å². The number of hydrogen-bond donors (Lipinski definition) is 2. The minimum absolute atomic E-state index is 0.143. The predicted octanol–water partition coefficient (Wildman–Crippen LogP) is 2.06. The summed E-state index contributed by atoms with van der Waals surface area (Å²) in [6.07, 6.45) is 1.08. The molecule has 0 aliphatic carbocycles. The molecule has 4 nitrogen and oxygen atoms in total. The number of aryl methyl sites for hydroxylation is 1. The third-order valence-electron chi connectivity index (χ3n) is 3.09. The summed E-state index contributed by atoms with van der Waals surface area (Å²) in [4.78, 5) is 4.49. The van der Waals surface area contributed by atoms with Crippen molar-refractivity contribution in [1.29, 1.82) is 5.41 Å². The van der Waals surface area contributed by atoms with Crippen LogP contribution in [0.5, 0.6) is 0 Å². The Bertz CT molecular complexity index is 426. The summed E-state index contributed by atoms with van der Waals surface area (Å²) in [5.74, 6) is 0.143. The Labute approximate surface area is 116 Å². The van der Waals surface area contributed by atoms with E-state index in [1.165, 1.54) is 0 Å². The molecule has 0 radical (unpaired) electrons. The molecule has 0 fully saturated rings. The molecular weight excluding hydrogens is 236 g/mol. The number of likely N-dealkylation sites (N-methyl/N-ethyl adjacent to an activating group) is 1. The van der Waals surface area contributed by atoms with Crippen LogP contribution in [-0.2, 0) is 0 Å². The summed E-state index contributed by atoms with van der Waals surface area (Å²) in [5.41, 5.74) is 8.77. The zero-order valence-corrected chi connectivity index (χ0v) is 12.5. The van der Waals surface area contributed by atoms with Crippen LogP contribution in [0.1, 0.15) is 24.5 Å². The van der Waals surface area contributed by atoms with Gasteiger partial charge in [-0.15, -0.1) is 0 Å². The van der Waals surface area contributed by atoms with Crippen LogP contribution in [-0.4, -0.2) is 44.5 Å². The SMILES string of the molecule is CCCN(CCN(C)C)c1ccc(C)cc1C(=N)N. The second-order valence-corrected chi connectivity index (χ2v) is 5.22. The van der Waals surface area contributed by atoms with Crippen LogP contribution >= 0.6 is 0 Å². The Morgan fingerprint density at radius 3 is 2.42 bits per heavy atom. The minimum atomic E-state index is 0.143. The smallest absolute Gasteiger partial charge is 0.124 e. The molecule has 0 aliphatic rings. The fourth-order valence-electron chi connectivity index (χ4n) is 2.08. The number of benzene rings is 1. The van der Waals surface area contributed by atoms with Gasteiger partial charge in [0, 0.05) is 30.9 Å². The van der Waals surface area contributed by atoms with Gasteiger partial charge in [-0.3, -0.25) is 5.41 Å². The van der Waals surface area contributed by atoms with Gasteiger partial charge in [-0.2, -0.15) is 0 Å². The Hall–Kier alpha value is -1.55. The minimum Gasteiger partial charge on any atom is -0.384 e. The van der Waals surface area contributed by atoms with Crippen molar-refractivity contribution in [2.24, 2.45) is 5.73 Å². The van der Waals surface area contributed by atoms with E-state index in [0.29, 0.717) is 0 Å². The quantitative estimate of drug-likeness (QED) is 0.584. The molecule has 0 amide bonds. The Morgan fingerprint density at radius 2 is 1.89 bits per heavy atom. The highest BCUT2D eigenvalue weighted by Crippen LogP contribution is 2.22. The zero-order chi connectivity index (χ0) is 14.4. The van der Waals surface area contributed by atoms with E-state index in [0.717, 1.165) is 42.9 Å². The number of hydrogen-bond acceptors (Lipinski definition) is 3. The maximum absolute atomic E-state index is 7.76. The molecule has 4 heteroatoms. The van der Waals surface area contributed by atoms with E-state index in [1.807, 2.05) is 13.0 Å². The first-order valence-electron chi connectivity index (χ1n) is 6.80. The van der Waals surface area contributed by atoms with Crippen LogP contribution in [0, 0.1) is 12.3 Å². The monoisotopic (exact) mass is 262 g/mol. The number of nitrogens with two attached hydrogens (primary N) is 1. The standard InChI is InChI=1S/C15H26N4/c1-5-8-19(10-9-18(3)4)14-7-6-12(2)11-13(14)15(16)17/h6-7,11H,5,8-10H2,1-4H3,(H3,16,17). The average molecular weight is 262 g/mol. The third-order valence-corrected chi connectivity index (χ3v) is 3.09. The van der Waals surface area contributed by atoms with Gasteiger partial charge in [0.05, 0.1) is 0 Å². The summed E-state index contributed by atoms with van der Waals surface area (Å²) in [6, 6.07) is 6.16. The number of nitrogens with zero attached hydrogens (tertiary/aromatic N) is 2. The van der Waals surface area contributed by atoms with Gasteiger partial charge in [0.1, 0.15) is 5.84 Å². The molecule has 0 aromatic heterocycles. The van der Waals surface area contributed by atoms with E-state index in [-0.39, 0.29) is 5.84 Å². The molecule has 106 valence electrons. The molecule has 1 aromatic carbocycles. The van der Waals surface area contributed by atoms with Crippen molar-refractivity contribution in [2.75, 3.05) is 38.6 Å². The summed E-state index contributed by atoms with van der Waals surface area (Å²) >= 11 is 0. The van der Waals surface area contributed by atoms with Gasteiger partial charge >= 0.3 is 0 Å². The first-order chi connectivity index (χ1) is 8.95. The second kappa shape index (κ2) is 7.14. The van der Waals surface area contributed by atoms with Crippen LogP contribution in [0.2, 0.25) is 0 Å². The van der Waals surface area contributed by atoms with Crippen molar-refractivity contribution < 1.29 is 0 Å². The van der Waals surface area contributed by atoms with Crippen molar-refractivity contribution >= 4 is 11.5 Å². The molecule has 19 heavy (non-hydrogen) atoms. The van der Waals surface area contributed by atoms with E-state index in [1.54, 1.807) is 0 Å². The maximum atomic E-state index is 7.76. The first kappa shape index (κ1) is 15.5. The van der Waals surface area contributed by atoms with Gasteiger partial charge in [0.15, 0.2) is 0 Å². The van der Waals surface area contributed by atoms with Gasteiger partial charge in [0.2, 0.25) is 0 Å². The first-order valence-corrected chi connectivity index (χ1v) is 6.80. The van der Waals surface area contributed by atoms with Crippen LogP contribution in [0.25, 0.3) is 0 Å². The molecule has 0 spiro atoms. The van der Waals surface area contributed by atoms with E-state index in [2.05, 4.69) is 43.0 Å². The molecule has 0 bridgehead atoms. The molecule has 3 N–H and O–H groups in total. The largest absolute Gasteiger partial charge is 0.384 e. The summed E-state index contributed by atoms with van der Waals surface area (Å²) in [6.45, 7) is 7.12. The molecule has 0 atom stereocenters. The van der Waals surface area contributed by atoms with Gasteiger partial charge in [-0.25, -0.2) is 0 Å². The van der Waals surface area contributed by atoms with E-state index >= 15 is 0 Å². The molecule has 0 saturated heterocycles. The van der Waals surface area contributed by atoms with Crippen LogP contribution < -0.4 is 10.6 Å². The summed E-state index contributed by atoms with van der Waals surface area (Å²) in [7, 11) is 4.15. The third kappa shape index (κ3) is 4.56. The Morgan fingerprint density at radius 1 is 1.21 bits per heavy atom. The lowest BCUT2D eigenvalue weighted by Gasteiger charge is -2.28. The van der Waals surface area contributed by atoms with E-state index in [9.17, 15) is 0 Å². The number of nitrogen functional groups attached to an aromatic ring is 1. The maximum Gasteiger partial charge on any atom is 0.124 e. The number of anilines is 1. The normalized spacial score (nSPS) is 10.8. The number of amidine groups is 1. The number of rotatable bonds is 7. The van der Waals surface area contributed by atoms with Crippen molar-refractivity contribution in [3.8, 4) is 0 Å². The van der Waals surface area contributed by atoms with Crippen LogP contribution in [0.15, 0.2) is 18.2 Å². The molecular formula is C15H26N4. The molecule has 0 saturated carbocycles. The van der Waals surface area contributed by atoms with Crippen LogP contribution in [0.3, 0.4) is 0 Å². The molecule has 0 unspecified atom stereocenters. The Kier molecular flexibility index (Phi) is 5.83. The van der Waals surface area contributed by atoms with E-state index < -0.39 is 0 Å². The van der Waals surface area contributed by atoms with Gasteiger partial charge in [0.25, 0.3) is 0 Å². The Balaban J connectivity index is 3.03. The number of nitrogens with one attached hydrogen (secondary N) is 1. The van der Waals surface area contributed by atoms with Crippen molar-refractivity contribution in [3.05, 3.63) is 29.3 Å². The molecule has 1 aromatic rings. The fourth-order valence-corrected chi connectivity index (χ4v) is 2.08. The summed E-state index contributed by atoms with van der Waals surface area (Å²) < 4.78 is 0. The van der Waals surface area contributed by atoms with Crippen molar-refractivity contribution in [2.45, 2.75) is 20.3 Å². The lowest BCUT2D eigenvalue weighted by molar-refractivity contribution is 0.413. The molecule has 0 heterocycles. The topological polar surface area (TPSA) is 56.4 Å². The second-order valence-electron chi connectivity index (χ2n) is 5.22.